The number of H-pyrrole nitrogens is 1. The van der Waals surface area contributed by atoms with Gasteiger partial charge < -0.3 is 14.8 Å². The van der Waals surface area contributed by atoms with E-state index in [1.165, 1.54) is 18.0 Å². The van der Waals surface area contributed by atoms with Gasteiger partial charge in [-0.2, -0.15) is 0 Å². The number of nitrogens with one attached hydrogen (secondary N) is 1. The van der Waals surface area contributed by atoms with Gasteiger partial charge in [-0.15, -0.1) is 0 Å². The van der Waals surface area contributed by atoms with Crippen LogP contribution in [-0.2, 0) is 4.79 Å². The van der Waals surface area contributed by atoms with Crippen molar-refractivity contribution in [2.75, 3.05) is 20.6 Å². The molecule has 1 aromatic rings. The van der Waals surface area contributed by atoms with Crippen molar-refractivity contribution in [2.24, 2.45) is 0 Å². The summed E-state index contributed by atoms with van der Waals surface area (Å²) in [4.78, 5) is 41.7. The average molecular weight is 277 g/mol. The lowest BCUT2D eigenvalue weighted by Gasteiger charge is -2.25. The first-order valence-electron chi connectivity index (χ1n) is 6.63. The predicted molar refractivity (Wildman–Crippen MR) is 73.5 cm³/mol. The molecule has 6 heteroatoms. The molecule has 2 heterocycles. The molecule has 0 aromatic carbocycles. The highest BCUT2D eigenvalue weighted by molar-refractivity contribution is 6.00. The standard InChI is InChI=1S/C14H19N3O3/c1-9(18)10-7-11(15-8-10)13(19)17-6-4-5-12(17)14(20)16(2)3/h7-8,12,15H,4-6H2,1-3H3. The second-order valence-electron chi connectivity index (χ2n) is 5.25. The monoisotopic (exact) mass is 277 g/mol. The molecule has 1 saturated heterocycles. The van der Waals surface area contributed by atoms with E-state index in [9.17, 15) is 14.4 Å². The number of hydrogen-bond donors (Lipinski definition) is 1. The molecule has 1 atom stereocenters. The Morgan fingerprint density at radius 3 is 2.60 bits per heavy atom. The van der Waals surface area contributed by atoms with Crippen molar-refractivity contribution in [3.63, 3.8) is 0 Å². The summed E-state index contributed by atoms with van der Waals surface area (Å²) in [7, 11) is 3.37. The predicted octanol–water partition coefficient (Wildman–Crippen LogP) is 0.910. The minimum atomic E-state index is -0.401. The van der Waals surface area contributed by atoms with E-state index in [0.717, 1.165) is 6.42 Å². The van der Waals surface area contributed by atoms with Crippen molar-refractivity contribution in [1.29, 1.82) is 0 Å². The van der Waals surface area contributed by atoms with Crippen LogP contribution in [0.3, 0.4) is 0 Å². The van der Waals surface area contributed by atoms with Gasteiger partial charge in [0.05, 0.1) is 0 Å². The Labute approximate surface area is 117 Å². The Morgan fingerprint density at radius 1 is 1.35 bits per heavy atom. The van der Waals surface area contributed by atoms with E-state index in [4.69, 9.17) is 0 Å². The van der Waals surface area contributed by atoms with E-state index in [1.807, 2.05) is 0 Å². The maximum Gasteiger partial charge on any atom is 0.270 e. The first-order valence-corrected chi connectivity index (χ1v) is 6.63. The molecule has 6 nitrogen and oxygen atoms in total. The molecule has 108 valence electrons. The van der Waals surface area contributed by atoms with Crippen LogP contribution in [-0.4, -0.2) is 59.1 Å². The van der Waals surface area contributed by atoms with Crippen LogP contribution in [0.15, 0.2) is 12.3 Å². The first-order chi connectivity index (χ1) is 9.41. The second kappa shape index (κ2) is 5.48. The third-order valence-electron chi connectivity index (χ3n) is 3.56. The van der Waals surface area contributed by atoms with Crippen LogP contribution in [0.2, 0.25) is 0 Å². The molecular formula is C14H19N3O3. The van der Waals surface area contributed by atoms with Crippen molar-refractivity contribution >= 4 is 17.6 Å². The zero-order valence-electron chi connectivity index (χ0n) is 12.0. The Kier molecular flexibility index (Phi) is 3.92. The number of Topliss-reactive ketones (excluding diaryl/α,β-unsaturated/α-hetero) is 1. The van der Waals surface area contributed by atoms with Gasteiger partial charge in [0.1, 0.15) is 11.7 Å². The number of hydrogen-bond acceptors (Lipinski definition) is 3. The van der Waals surface area contributed by atoms with E-state index in [0.29, 0.717) is 24.2 Å². The Morgan fingerprint density at radius 2 is 2.05 bits per heavy atom. The lowest BCUT2D eigenvalue weighted by Crippen LogP contribution is -2.45. The van der Waals surface area contributed by atoms with Crippen LogP contribution in [0.1, 0.15) is 40.6 Å². The van der Waals surface area contributed by atoms with E-state index in [1.54, 1.807) is 25.1 Å². The number of rotatable bonds is 3. The number of likely N-dealkylation sites (tertiary alicyclic amines) is 1. The van der Waals surface area contributed by atoms with Crippen LogP contribution in [0.4, 0.5) is 0 Å². The zero-order chi connectivity index (χ0) is 14.9. The first kappa shape index (κ1) is 14.3. The summed E-state index contributed by atoms with van der Waals surface area (Å²) in [5.74, 6) is -0.382. The molecule has 0 saturated carbocycles. The van der Waals surface area contributed by atoms with Crippen LogP contribution in [0, 0.1) is 0 Å². The fourth-order valence-corrected chi connectivity index (χ4v) is 2.44. The van der Waals surface area contributed by atoms with Crippen LogP contribution >= 0.6 is 0 Å². The van der Waals surface area contributed by atoms with Crippen LogP contribution in [0.25, 0.3) is 0 Å². The van der Waals surface area contributed by atoms with Gasteiger partial charge in [-0.25, -0.2) is 0 Å². The number of ketones is 1. The van der Waals surface area contributed by atoms with E-state index >= 15 is 0 Å². The molecule has 1 aromatic heterocycles. The Bertz CT molecular complexity index is 548. The Hall–Kier alpha value is -2.11. The number of carbonyl (C=O) groups is 3. The molecule has 20 heavy (non-hydrogen) atoms. The highest BCUT2D eigenvalue weighted by atomic mass is 16.2. The normalized spacial score (nSPS) is 18.1. The second-order valence-corrected chi connectivity index (χ2v) is 5.25. The molecular weight excluding hydrogens is 258 g/mol. The van der Waals surface area contributed by atoms with Gasteiger partial charge in [0.15, 0.2) is 5.78 Å². The molecule has 2 amide bonds. The highest BCUT2D eigenvalue weighted by Gasteiger charge is 2.35. The van der Waals surface area contributed by atoms with Crippen molar-refractivity contribution in [2.45, 2.75) is 25.8 Å². The third kappa shape index (κ3) is 2.59. The van der Waals surface area contributed by atoms with Crippen molar-refractivity contribution in [3.8, 4) is 0 Å². The average Bonchev–Trinajstić information content (AvgIpc) is 3.05. The summed E-state index contributed by atoms with van der Waals surface area (Å²) in [6.07, 6.45) is 3.02. The van der Waals surface area contributed by atoms with Gasteiger partial charge >= 0.3 is 0 Å². The molecule has 0 bridgehead atoms. The van der Waals surface area contributed by atoms with E-state index < -0.39 is 6.04 Å². The van der Waals surface area contributed by atoms with Gasteiger partial charge in [-0.05, 0) is 25.8 Å². The molecule has 1 unspecified atom stereocenters. The van der Waals surface area contributed by atoms with Gasteiger partial charge in [-0.1, -0.05) is 0 Å². The number of aromatic amines is 1. The quantitative estimate of drug-likeness (QED) is 0.835. The molecule has 1 aliphatic rings. The highest BCUT2D eigenvalue weighted by Crippen LogP contribution is 2.21. The topological polar surface area (TPSA) is 73.5 Å². The van der Waals surface area contributed by atoms with Crippen LogP contribution in [0.5, 0.6) is 0 Å². The van der Waals surface area contributed by atoms with Crippen molar-refractivity contribution < 1.29 is 14.4 Å². The molecule has 2 rings (SSSR count). The zero-order valence-corrected chi connectivity index (χ0v) is 12.0. The summed E-state index contributed by atoms with van der Waals surface area (Å²) in [5, 5.41) is 0. The molecule has 0 radical (unpaired) electrons. The largest absolute Gasteiger partial charge is 0.356 e. The minimum Gasteiger partial charge on any atom is -0.356 e. The molecule has 0 spiro atoms. The Balaban J connectivity index is 2.18. The summed E-state index contributed by atoms with van der Waals surface area (Å²) in [6, 6.07) is 1.14. The third-order valence-corrected chi connectivity index (χ3v) is 3.56. The smallest absolute Gasteiger partial charge is 0.270 e. The summed E-state index contributed by atoms with van der Waals surface area (Å²) >= 11 is 0. The number of likely N-dealkylation sites (N-methyl/N-ethyl adjacent to an activating group) is 1. The minimum absolute atomic E-state index is 0.0609. The van der Waals surface area contributed by atoms with Gasteiger partial charge in [0.2, 0.25) is 5.91 Å². The van der Waals surface area contributed by atoms with Gasteiger partial charge in [0.25, 0.3) is 5.91 Å². The van der Waals surface area contributed by atoms with E-state index in [-0.39, 0.29) is 17.6 Å². The number of nitrogens with zero attached hydrogens (tertiary/aromatic N) is 2. The van der Waals surface area contributed by atoms with Crippen molar-refractivity contribution in [1.82, 2.24) is 14.8 Å². The SMILES string of the molecule is CC(=O)c1c[nH]c(C(=O)N2CCCC2C(=O)N(C)C)c1. The summed E-state index contributed by atoms with van der Waals surface area (Å²) in [6.45, 7) is 2.02. The fraction of sp³-hybridized carbons (Fsp3) is 0.500. The lowest BCUT2D eigenvalue weighted by atomic mass is 10.2. The van der Waals surface area contributed by atoms with E-state index in [2.05, 4.69) is 4.98 Å². The van der Waals surface area contributed by atoms with Crippen LogP contribution < -0.4 is 0 Å². The summed E-state index contributed by atoms with van der Waals surface area (Å²) in [5.41, 5.74) is 0.830. The number of amides is 2. The molecule has 1 N–H and O–H groups in total. The summed E-state index contributed by atoms with van der Waals surface area (Å²) < 4.78 is 0. The maximum absolute atomic E-state index is 12.4. The molecule has 1 fully saturated rings. The maximum atomic E-state index is 12.4. The fourth-order valence-electron chi connectivity index (χ4n) is 2.44. The lowest BCUT2D eigenvalue weighted by molar-refractivity contribution is -0.132. The van der Waals surface area contributed by atoms with Gasteiger partial charge in [0, 0.05) is 32.4 Å². The molecule has 1 aliphatic heterocycles. The van der Waals surface area contributed by atoms with Crippen molar-refractivity contribution in [3.05, 3.63) is 23.5 Å². The molecule has 0 aliphatic carbocycles. The van der Waals surface area contributed by atoms with Gasteiger partial charge in [-0.3, -0.25) is 14.4 Å². The number of carbonyl (C=O) groups excluding carboxylic acids is 3. The number of aromatic nitrogens is 1.